The minimum atomic E-state index is -0.0357. The number of benzene rings is 1. The van der Waals surface area contributed by atoms with Crippen LogP contribution >= 0.6 is 0 Å². The molecule has 2 N–H and O–H groups in total. The Balaban J connectivity index is 2.05. The number of hydrogen-bond donors (Lipinski definition) is 2. The summed E-state index contributed by atoms with van der Waals surface area (Å²) in [5.41, 5.74) is 2.21. The maximum atomic E-state index is 11.7. The number of carbonyl (C=O) groups excluding carboxylic acids is 1. The maximum Gasteiger partial charge on any atom is 0.251 e. The quantitative estimate of drug-likeness (QED) is 0.883. The second-order valence-electron chi connectivity index (χ2n) is 6.80. The molecule has 20 heavy (non-hydrogen) atoms. The van der Waals surface area contributed by atoms with Crippen LogP contribution < -0.4 is 10.6 Å². The third-order valence-electron chi connectivity index (χ3n) is 4.40. The Hall–Kier alpha value is -1.51. The van der Waals surface area contributed by atoms with Crippen LogP contribution in [0, 0.1) is 11.3 Å². The molecule has 2 unspecified atom stereocenters. The molecule has 0 aliphatic heterocycles. The zero-order valence-electron chi connectivity index (χ0n) is 13.0. The molecule has 3 nitrogen and oxygen atoms in total. The first-order chi connectivity index (χ1) is 9.41. The monoisotopic (exact) mass is 274 g/mol. The Morgan fingerprint density at radius 2 is 2.10 bits per heavy atom. The summed E-state index contributed by atoms with van der Waals surface area (Å²) >= 11 is 0. The molecule has 2 rings (SSSR count). The Labute approximate surface area is 122 Å². The molecular formula is C17H26N2O. The first-order valence-corrected chi connectivity index (χ1v) is 7.50. The van der Waals surface area contributed by atoms with Gasteiger partial charge in [0, 0.05) is 24.3 Å². The zero-order valence-corrected chi connectivity index (χ0v) is 13.0. The van der Waals surface area contributed by atoms with Gasteiger partial charge in [0.1, 0.15) is 0 Å². The lowest BCUT2D eigenvalue weighted by molar-refractivity contribution is 0.0963. The fourth-order valence-electron chi connectivity index (χ4n) is 3.27. The predicted molar refractivity (Wildman–Crippen MR) is 84.0 cm³/mol. The molecule has 0 saturated heterocycles. The van der Waals surface area contributed by atoms with Gasteiger partial charge in [0.05, 0.1) is 0 Å². The highest BCUT2D eigenvalue weighted by atomic mass is 16.1. The number of rotatable bonds is 3. The second-order valence-corrected chi connectivity index (χ2v) is 6.80. The Morgan fingerprint density at radius 3 is 2.75 bits per heavy atom. The molecular weight excluding hydrogens is 248 g/mol. The van der Waals surface area contributed by atoms with Crippen molar-refractivity contribution in [2.24, 2.45) is 11.3 Å². The molecule has 0 bridgehead atoms. The normalized spacial score (nSPS) is 25.0. The molecule has 0 heterocycles. The molecule has 0 radical (unpaired) electrons. The van der Waals surface area contributed by atoms with Crippen molar-refractivity contribution in [3.63, 3.8) is 0 Å². The van der Waals surface area contributed by atoms with E-state index < -0.39 is 0 Å². The summed E-state index contributed by atoms with van der Waals surface area (Å²) in [7, 11) is 1.66. The summed E-state index contributed by atoms with van der Waals surface area (Å²) < 4.78 is 0. The second kappa shape index (κ2) is 5.86. The summed E-state index contributed by atoms with van der Waals surface area (Å²) in [5.74, 6) is 0.619. The van der Waals surface area contributed by atoms with E-state index in [-0.39, 0.29) is 5.91 Å². The highest BCUT2D eigenvalue weighted by Gasteiger charge is 2.32. The fraction of sp³-hybridized carbons (Fsp3) is 0.588. The van der Waals surface area contributed by atoms with Gasteiger partial charge in [-0.25, -0.2) is 0 Å². The first kappa shape index (κ1) is 14.9. The smallest absolute Gasteiger partial charge is 0.251 e. The average Bonchev–Trinajstić information content (AvgIpc) is 2.41. The van der Waals surface area contributed by atoms with Crippen molar-refractivity contribution >= 4 is 11.6 Å². The molecule has 1 aromatic rings. The predicted octanol–water partition coefficient (Wildman–Crippen LogP) is 3.67. The van der Waals surface area contributed by atoms with Crippen LogP contribution in [0.4, 0.5) is 5.69 Å². The van der Waals surface area contributed by atoms with Gasteiger partial charge in [0.25, 0.3) is 5.91 Å². The minimum Gasteiger partial charge on any atom is -0.382 e. The highest BCUT2D eigenvalue weighted by Crippen LogP contribution is 2.39. The SMILES string of the molecule is CNC(=O)c1cccc(NC2CCC(C)(C)CC2C)c1. The van der Waals surface area contributed by atoms with Gasteiger partial charge < -0.3 is 10.6 Å². The van der Waals surface area contributed by atoms with Crippen molar-refractivity contribution in [3.8, 4) is 0 Å². The van der Waals surface area contributed by atoms with Crippen LogP contribution in [0.1, 0.15) is 50.4 Å². The molecule has 1 saturated carbocycles. The summed E-state index contributed by atoms with van der Waals surface area (Å²) in [6, 6.07) is 8.26. The number of amides is 1. The van der Waals surface area contributed by atoms with Crippen molar-refractivity contribution in [2.45, 2.75) is 46.1 Å². The lowest BCUT2D eigenvalue weighted by Gasteiger charge is -2.40. The van der Waals surface area contributed by atoms with Gasteiger partial charge in [-0.2, -0.15) is 0 Å². The summed E-state index contributed by atoms with van der Waals surface area (Å²) in [6.07, 6.45) is 3.70. The van der Waals surface area contributed by atoms with Crippen molar-refractivity contribution in [2.75, 3.05) is 12.4 Å². The highest BCUT2D eigenvalue weighted by molar-refractivity contribution is 5.94. The van der Waals surface area contributed by atoms with Crippen LogP contribution in [0.5, 0.6) is 0 Å². The summed E-state index contributed by atoms with van der Waals surface area (Å²) in [4.78, 5) is 11.7. The lowest BCUT2D eigenvalue weighted by atomic mass is 9.70. The van der Waals surface area contributed by atoms with Gasteiger partial charge in [-0.1, -0.05) is 26.8 Å². The van der Waals surface area contributed by atoms with Gasteiger partial charge in [-0.05, 0) is 48.8 Å². The molecule has 2 atom stereocenters. The molecule has 1 aliphatic rings. The molecule has 1 amide bonds. The zero-order chi connectivity index (χ0) is 14.8. The van der Waals surface area contributed by atoms with Gasteiger partial charge >= 0.3 is 0 Å². The largest absolute Gasteiger partial charge is 0.382 e. The van der Waals surface area contributed by atoms with Gasteiger partial charge in [-0.3, -0.25) is 4.79 Å². The number of nitrogens with one attached hydrogen (secondary N) is 2. The fourth-order valence-corrected chi connectivity index (χ4v) is 3.27. The standard InChI is InChI=1S/C17H26N2O/c1-12-11-17(2,3)9-8-15(12)19-14-7-5-6-13(10-14)16(20)18-4/h5-7,10,12,15,19H,8-9,11H2,1-4H3,(H,18,20). The van der Waals surface area contributed by atoms with E-state index in [1.54, 1.807) is 7.05 Å². The van der Waals surface area contributed by atoms with E-state index in [1.165, 1.54) is 19.3 Å². The van der Waals surface area contributed by atoms with E-state index in [0.29, 0.717) is 22.9 Å². The van der Waals surface area contributed by atoms with Crippen LogP contribution in [-0.2, 0) is 0 Å². The Kier molecular flexibility index (Phi) is 4.36. The molecule has 3 heteroatoms. The maximum absolute atomic E-state index is 11.7. The van der Waals surface area contributed by atoms with Crippen molar-refractivity contribution in [3.05, 3.63) is 29.8 Å². The summed E-state index contributed by atoms with van der Waals surface area (Å²) in [6.45, 7) is 7.03. The van der Waals surface area contributed by atoms with Crippen molar-refractivity contribution < 1.29 is 4.79 Å². The van der Waals surface area contributed by atoms with Crippen LogP contribution in [-0.4, -0.2) is 19.0 Å². The van der Waals surface area contributed by atoms with Gasteiger partial charge in [0.2, 0.25) is 0 Å². The summed E-state index contributed by atoms with van der Waals surface area (Å²) in [5, 5.41) is 6.27. The molecule has 0 spiro atoms. The lowest BCUT2D eigenvalue weighted by Crippen LogP contribution is -2.36. The van der Waals surface area contributed by atoms with E-state index in [9.17, 15) is 4.79 Å². The Morgan fingerprint density at radius 1 is 1.35 bits per heavy atom. The van der Waals surface area contributed by atoms with E-state index in [2.05, 4.69) is 31.4 Å². The van der Waals surface area contributed by atoms with E-state index in [0.717, 1.165) is 5.69 Å². The van der Waals surface area contributed by atoms with Gasteiger partial charge in [0.15, 0.2) is 0 Å². The molecule has 110 valence electrons. The molecule has 1 aromatic carbocycles. The van der Waals surface area contributed by atoms with Crippen LogP contribution in [0.2, 0.25) is 0 Å². The first-order valence-electron chi connectivity index (χ1n) is 7.50. The van der Waals surface area contributed by atoms with E-state index in [4.69, 9.17) is 0 Å². The number of anilines is 1. The topological polar surface area (TPSA) is 41.1 Å². The van der Waals surface area contributed by atoms with Crippen molar-refractivity contribution in [1.82, 2.24) is 5.32 Å². The molecule has 0 aromatic heterocycles. The van der Waals surface area contributed by atoms with E-state index in [1.807, 2.05) is 24.3 Å². The van der Waals surface area contributed by atoms with Crippen LogP contribution in [0.25, 0.3) is 0 Å². The van der Waals surface area contributed by atoms with Crippen LogP contribution in [0.15, 0.2) is 24.3 Å². The minimum absolute atomic E-state index is 0.0357. The molecule has 1 fully saturated rings. The van der Waals surface area contributed by atoms with E-state index >= 15 is 0 Å². The van der Waals surface area contributed by atoms with Gasteiger partial charge in [-0.15, -0.1) is 0 Å². The number of carbonyl (C=O) groups is 1. The Bertz CT molecular complexity index is 482. The molecule has 1 aliphatic carbocycles. The third-order valence-corrected chi connectivity index (χ3v) is 4.40. The van der Waals surface area contributed by atoms with Crippen molar-refractivity contribution in [1.29, 1.82) is 0 Å². The third kappa shape index (κ3) is 3.53. The van der Waals surface area contributed by atoms with Crippen LogP contribution in [0.3, 0.4) is 0 Å². The number of hydrogen-bond acceptors (Lipinski definition) is 2. The average molecular weight is 274 g/mol.